The van der Waals surface area contributed by atoms with Crippen molar-refractivity contribution in [1.29, 1.82) is 0 Å². The summed E-state index contributed by atoms with van der Waals surface area (Å²) in [6, 6.07) is 19.1. The second-order valence-electron chi connectivity index (χ2n) is 8.78. The van der Waals surface area contributed by atoms with Crippen LogP contribution in [0.4, 0.5) is 16.2 Å². The van der Waals surface area contributed by atoms with Crippen LogP contribution in [0.15, 0.2) is 77.7 Å². The van der Waals surface area contributed by atoms with Crippen molar-refractivity contribution in [3.8, 4) is 0 Å². The van der Waals surface area contributed by atoms with Crippen molar-refractivity contribution in [2.75, 3.05) is 29.9 Å². The van der Waals surface area contributed by atoms with Gasteiger partial charge in [0.1, 0.15) is 0 Å². The first-order valence-electron chi connectivity index (χ1n) is 11.7. The zero-order chi connectivity index (χ0) is 26.2. The number of benzene rings is 3. The van der Waals surface area contributed by atoms with E-state index >= 15 is 0 Å². The molecule has 3 aromatic rings. The SMILES string of the molecule is NCC(=O)Nc1ccc(C(=O)N2CCc3cc(S(=O)(=O)N4C[C@H](c5ccccc5)NC4=O)ccc32)cc1. The highest BCUT2D eigenvalue weighted by Crippen LogP contribution is 2.33. The lowest BCUT2D eigenvalue weighted by Gasteiger charge is -2.19. The molecule has 3 aromatic carbocycles. The first kappa shape index (κ1) is 24.5. The van der Waals surface area contributed by atoms with Gasteiger partial charge in [-0.3, -0.25) is 9.59 Å². The average Bonchev–Trinajstić information content (AvgIpc) is 3.53. The maximum atomic E-state index is 13.3. The Bertz CT molecular complexity index is 1470. The number of nitrogens with one attached hydrogen (secondary N) is 2. The third-order valence-electron chi connectivity index (χ3n) is 6.46. The first-order chi connectivity index (χ1) is 17.8. The third kappa shape index (κ3) is 4.66. The van der Waals surface area contributed by atoms with E-state index in [1.165, 1.54) is 12.1 Å². The summed E-state index contributed by atoms with van der Waals surface area (Å²) in [6.07, 6.45) is 0.480. The van der Waals surface area contributed by atoms with Gasteiger partial charge in [0, 0.05) is 23.5 Å². The quantitative estimate of drug-likeness (QED) is 0.456. The highest BCUT2D eigenvalue weighted by atomic mass is 32.2. The Labute approximate surface area is 214 Å². The van der Waals surface area contributed by atoms with Crippen molar-refractivity contribution in [2.45, 2.75) is 17.4 Å². The van der Waals surface area contributed by atoms with Crippen molar-refractivity contribution in [3.05, 3.63) is 89.5 Å². The lowest BCUT2D eigenvalue weighted by Crippen LogP contribution is -2.34. The molecular weight excluding hydrogens is 494 g/mol. The highest BCUT2D eigenvalue weighted by molar-refractivity contribution is 7.89. The molecule has 0 saturated carbocycles. The van der Waals surface area contributed by atoms with E-state index in [1.54, 1.807) is 35.2 Å². The Balaban J connectivity index is 1.33. The molecular formula is C26H25N5O5S. The number of sulfonamides is 1. The fourth-order valence-electron chi connectivity index (χ4n) is 4.54. The minimum Gasteiger partial charge on any atom is -0.328 e. The van der Waals surface area contributed by atoms with E-state index in [9.17, 15) is 22.8 Å². The lowest BCUT2D eigenvalue weighted by molar-refractivity contribution is -0.114. The number of rotatable bonds is 6. The highest BCUT2D eigenvalue weighted by Gasteiger charge is 2.39. The number of fused-ring (bicyclic) bond motifs is 1. The molecule has 0 aliphatic carbocycles. The maximum absolute atomic E-state index is 13.3. The van der Waals surface area contributed by atoms with Gasteiger partial charge in [-0.25, -0.2) is 17.5 Å². The van der Waals surface area contributed by atoms with Gasteiger partial charge in [-0.15, -0.1) is 0 Å². The number of anilines is 2. The van der Waals surface area contributed by atoms with E-state index in [4.69, 9.17) is 5.73 Å². The zero-order valence-corrected chi connectivity index (χ0v) is 20.6. The normalized spacial score (nSPS) is 16.9. The number of nitrogens with two attached hydrogens (primary N) is 1. The fraction of sp³-hybridized carbons (Fsp3) is 0.192. The Kier molecular flexibility index (Phi) is 6.40. The van der Waals surface area contributed by atoms with Crippen molar-refractivity contribution < 1.29 is 22.8 Å². The molecule has 1 saturated heterocycles. The van der Waals surface area contributed by atoms with Crippen LogP contribution in [0.1, 0.15) is 27.5 Å². The molecule has 4 N–H and O–H groups in total. The van der Waals surface area contributed by atoms with E-state index in [-0.39, 0.29) is 29.8 Å². The molecule has 5 rings (SSSR count). The predicted octanol–water partition coefficient (Wildman–Crippen LogP) is 2.24. The minimum absolute atomic E-state index is 0.00408. The topological polar surface area (TPSA) is 142 Å². The van der Waals surface area contributed by atoms with Gasteiger partial charge in [0.15, 0.2) is 0 Å². The number of hydrogen-bond acceptors (Lipinski definition) is 6. The largest absolute Gasteiger partial charge is 0.331 e. The van der Waals surface area contributed by atoms with Crippen LogP contribution in [0.25, 0.3) is 0 Å². The van der Waals surface area contributed by atoms with Crippen LogP contribution in [0.5, 0.6) is 0 Å². The van der Waals surface area contributed by atoms with Gasteiger partial charge in [-0.2, -0.15) is 0 Å². The molecule has 0 bridgehead atoms. The van der Waals surface area contributed by atoms with Crippen molar-refractivity contribution >= 4 is 39.2 Å². The van der Waals surface area contributed by atoms with Crippen LogP contribution in [0.2, 0.25) is 0 Å². The lowest BCUT2D eigenvalue weighted by atomic mass is 10.1. The molecule has 2 aliphatic rings. The number of amides is 4. The molecule has 0 spiro atoms. The monoisotopic (exact) mass is 519 g/mol. The average molecular weight is 520 g/mol. The smallest absolute Gasteiger partial charge is 0.328 e. The third-order valence-corrected chi connectivity index (χ3v) is 8.20. The Morgan fingerprint density at radius 1 is 1.03 bits per heavy atom. The molecule has 4 amide bonds. The number of carbonyl (C=O) groups excluding carboxylic acids is 3. The molecule has 0 unspecified atom stereocenters. The molecule has 2 heterocycles. The van der Waals surface area contributed by atoms with Crippen molar-refractivity contribution in [3.63, 3.8) is 0 Å². The predicted molar refractivity (Wildman–Crippen MR) is 138 cm³/mol. The van der Waals surface area contributed by atoms with Crippen LogP contribution in [-0.2, 0) is 21.2 Å². The van der Waals surface area contributed by atoms with Crippen LogP contribution in [-0.4, -0.2) is 50.2 Å². The summed E-state index contributed by atoms with van der Waals surface area (Å²) in [7, 11) is -4.08. The molecule has 11 heteroatoms. The van der Waals surface area contributed by atoms with Gasteiger partial charge >= 0.3 is 6.03 Å². The summed E-state index contributed by atoms with van der Waals surface area (Å²) in [5.41, 5.74) is 8.42. The summed E-state index contributed by atoms with van der Waals surface area (Å²) in [5.74, 6) is -0.573. The molecule has 1 atom stereocenters. The van der Waals surface area contributed by atoms with Crippen LogP contribution in [0.3, 0.4) is 0 Å². The van der Waals surface area contributed by atoms with E-state index in [1.807, 2.05) is 30.3 Å². The first-order valence-corrected chi connectivity index (χ1v) is 13.1. The van der Waals surface area contributed by atoms with Gasteiger partial charge in [0.05, 0.1) is 24.0 Å². The Hall–Kier alpha value is -4.22. The number of nitrogens with zero attached hydrogens (tertiary/aromatic N) is 2. The van der Waals surface area contributed by atoms with Gasteiger partial charge in [0.25, 0.3) is 15.9 Å². The van der Waals surface area contributed by atoms with Crippen LogP contribution >= 0.6 is 0 Å². The second kappa shape index (κ2) is 9.68. The van der Waals surface area contributed by atoms with Gasteiger partial charge < -0.3 is 21.3 Å². The number of urea groups is 1. The summed E-state index contributed by atoms with van der Waals surface area (Å²) in [4.78, 5) is 38.7. The molecule has 2 aliphatic heterocycles. The molecule has 0 radical (unpaired) electrons. The zero-order valence-electron chi connectivity index (χ0n) is 19.8. The van der Waals surface area contributed by atoms with Crippen LogP contribution < -0.4 is 21.3 Å². The van der Waals surface area contributed by atoms with E-state index in [0.29, 0.717) is 35.5 Å². The van der Waals surface area contributed by atoms with Gasteiger partial charge in [-0.1, -0.05) is 30.3 Å². The molecule has 190 valence electrons. The molecule has 1 fully saturated rings. The minimum atomic E-state index is -4.08. The molecule has 37 heavy (non-hydrogen) atoms. The number of carbonyl (C=O) groups is 3. The van der Waals surface area contributed by atoms with Crippen molar-refractivity contribution in [1.82, 2.24) is 9.62 Å². The summed E-state index contributed by atoms with van der Waals surface area (Å²) < 4.78 is 27.5. The molecule has 0 aromatic heterocycles. The Morgan fingerprint density at radius 3 is 2.46 bits per heavy atom. The number of hydrogen-bond donors (Lipinski definition) is 3. The van der Waals surface area contributed by atoms with Gasteiger partial charge in [0.2, 0.25) is 5.91 Å². The summed E-state index contributed by atoms with van der Waals surface area (Å²) in [5, 5.41) is 5.36. The Morgan fingerprint density at radius 2 is 1.76 bits per heavy atom. The molecule has 10 nitrogen and oxygen atoms in total. The maximum Gasteiger partial charge on any atom is 0.331 e. The summed E-state index contributed by atoms with van der Waals surface area (Å²) in [6.45, 7) is 0.247. The van der Waals surface area contributed by atoms with Gasteiger partial charge in [-0.05, 0) is 60.0 Å². The second-order valence-corrected chi connectivity index (χ2v) is 10.6. The summed E-state index contributed by atoms with van der Waals surface area (Å²) >= 11 is 0. The van der Waals surface area contributed by atoms with E-state index in [2.05, 4.69) is 10.6 Å². The standard InChI is InChI=1S/C26H25N5O5S/c27-15-24(32)28-20-8-6-18(7-9-20)25(33)30-13-12-19-14-21(10-11-23(19)30)37(35,36)31-16-22(29-26(31)34)17-4-2-1-3-5-17/h1-11,14,22H,12-13,15-16,27H2,(H,28,32)(H,29,34)/t22-/m1/s1. The fourth-order valence-corrected chi connectivity index (χ4v) is 5.94. The van der Waals surface area contributed by atoms with Crippen molar-refractivity contribution in [2.24, 2.45) is 5.73 Å². The van der Waals surface area contributed by atoms with E-state index < -0.39 is 22.1 Å². The van der Waals surface area contributed by atoms with E-state index in [0.717, 1.165) is 9.87 Å². The van der Waals surface area contributed by atoms with Crippen LogP contribution in [0, 0.1) is 0 Å².